The number of nitrogens with zero attached hydrogens (tertiary/aromatic N) is 1. The van der Waals surface area contributed by atoms with Gasteiger partial charge in [-0.15, -0.1) is 0 Å². The molecule has 14 heteroatoms. The van der Waals surface area contributed by atoms with E-state index < -0.39 is 54.5 Å². The third kappa shape index (κ3) is 13.2. The van der Waals surface area contributed by atoms with Crippen molar-refractivity contribution < 1.29 is 29.4 Å². The number of rotatable bonds is 17. The smallest absolute Gasteiger partial charge is 0.326 e. The molecule has 4 atom stereocenters. The third-order valence-electron chi connectivity index (χ3n) is 4.68. The van der Waals surface area contributed by atoms with E-state index in [9.17, 15) is 29.4 Å². The first-order valence-corrected chi connectivity index (χ1v) is 12.4. The SMILES string of the molecule is CSCCC(NC(=O)C(CO)NC(=O)C(CCCN=C(N)N)NC(=O)C(N)CC(C)C)C(=O)O. The van der Waals surface area contributed by atoms with Crippen LogP contribution in [0.5, 0.6) is 0 Å². The summed E-state index contributed by atoms with van der Waals surface area (Å²) in [7, 11) is 0. The van der Waals surface area contributed by atoms with Gasteiger partial charge in [0.05, 0.1) is 12.6 Å². The summed E-state index contributed by atoms with van der Waals surface area (Å²) in [6.07, 6.45) is 2.84. The summed E-state index contributed by atoms with van der Waals surface area (Å²) < 4.78 is 0. The van der Waals surface area contributed by atoms with Crippen molar-refractivity contribution in [1.29, 1.82) is 0 Å². The van der Waals surface area contributed by atoms with Crippen LogP contribution in [0.4, 0.5) is 0 Å². The number of carbonyl (C=O) groups excluding carboxylic acids is 3. The van der Waals surface area contributed by atoms with Crippen LogP contribution in [-0.4, -0.2) is 89.2 Å². The number of hydrogen-bond acceptors (Lipinski definition) is 8. The molecule has 13 nitrogen and oxygen atoms in total. The van der Waals surface area contributed by atoms with E-state index in [0.29, 0.717) is 18.6 Å². The molecule has 0 rings (SSSR count). The van der Waals surface area contributed by atoms with Gasteiger partial charge in [-0.05, 0) is 43.6 Å². The van der Waals surface area contributed by atoms with Gasteiger partial charge in [0.15, 0.2) is 5.96 Å². The maximum absolute atomic E-state index is 12.9. The fourth-order valence-electron chi connectivity index (χ4n) is 2.90. The number of guanidine groups is 1. The molecule has 0 aliphatic heterocycles. The average Bonchev–Trinajstić information content (AvgIpc) is 2.75. The van der Waals surface area contributed by atoms with Gasteiger partial charge >= 0.3 is 5.97 Å². The molecule has 3 amide bonds. The Labute approximate surface area is 204 Å². The van der Waals surface area contributed by atoms with E-state index in [0.717, 1.165) is 0 Å². The summed E-state index contributed by atoms with van der Waals surface area (Å²) in [5.41, 5.74) is 16.5. The van der Waals surface area contributed by atoms with Gasteiger partial charge in [-0.2, -0.15) is 11.8 Å². The minimum atomic E-state index is -1.41. The lowest BCUT2D eigenvalue weighted by Crippen LogP contribution is -2.58. The quantitative estimate of drug-likeness (QED) is 0.0597. The second-order valence-corrected chi connectivity index (χ2v) is 9.16. The highest BCUT2D eigenvalue weighted by Crippen LogP contribution is 2.06. The Bertz CT molecular complexity index is 703. The second kappa shape index (κ2) is 16.9. The van der Waals surface area contributed by atoms with Gasteiger partial charge in [0.1, 0.15) is 18.1 Å². The monoisotopic (exact) mass is 505 g/mol. The maximum Gasteiger partial charge on any atom is 0.326 e. The zero-order valence-corrected chi connectivity index (χ0v) is 20.8. The number of thioether (sulfide) groups is 1. The Morgan fingerprint density at radius 1 is 0.941 bits per heavy atom. The van der Waals surface area contributed by atoms with E-state index >= 15 is 0 Å². The van der Waals surface area contributed by atoms with Crippen molar-refractivity contribution >= 4 is 41.4 Å². The Balaban J connectivity index is 5.32. The summed E-state index contributed by atoms with van der Waals surface area (Å²) in [5, 5.41) is 26.1. The number of carboxylic acid groups (broad SMARTS) is 1. The number of carboxylic acids is 1. The summed E-state index contributed by atoms with van der Waals surface area (Å²) in [6.45, 7) is 3.24. The van der Waals surface area contributed by atoms with Crippen molar-refractivity contribution in [2.75, 3.05) is 25.2 Å². The van der Waals surface area contributed by atoms with Crippen LogP contribution in [-0.2, 0) is 19.2 Å². The Hall–Kier alpha value is -2.58. The van der Waals surface area contributed by atoms with Crippen molar-refractivity contribution in [1.82, 2.24) is 16.0 Å². The average molecular weight is 506 g/mol. The van der Waals surface area contributed by atoms with E-state index in [4.69, 9.17) is 17.2 Å². The number of hydrogen-bond donors (Lipinski definition) is 8. The fourth-order valence-corrected chi connectivity index (χ4v) is 3.37. The van der Waals surface area contributed by atoms with Crippen molar-refractivity contribution in [3.05, 3.63) is 0 Å². The lowest BCUT2D eigenvalue weighted by molar-refractivity contribution is -0.142. The molecule has 196 valence electrons. The molecule has 4 unspecified atom stereocenters. The number of aliphatic carboxylic acids is 1. The first-order chi connectivity index (χ1) is 15.9. The minimum Gasteiger partial charge on any atom is -0.480 e. The van der Waals surface area contributed by atoms with Crippen LogP contribution >= 0.6 is 11.8 Å². The van der Waals surface area contributed by atoms with Crippen LogP contribution in [0.15, 0.2) is 4.99 Å². The summed E-state index contributed by atoms with van der Waals surface area (Å²) in [6, 6.07) is -4.49. The van der Waals surface area contributed by atoms with Gasteiger partial charge in [-0.25, -0.2) is 4.79 Å². The number of aliphatic hydroxyl groups is 1. The number of aliphatic hydroxyl groups excluding tert-OH is 1. The molecule has 0 aromatic heterocycles. The van der Waals surface area contributed by atoms with Gasteiger partial charge in [0.2, 0.25) is 17.7 Å². The van der Waals surface area contributed by atoms with Crippen molar-refractivity contribution in [2.24, 2.45) is 28.1 Å². The number of amides is 3. The van der Waals surface area contributed by atoms with Gasteiger partial charge in [0.25, 0.3) is 0 Å². The zero-order valence-electron chi connectivity index (χ0n) is 20.0. The Morgan fingerprint density at radius 2 is 1.50 bits per heavy atom. The normalized spacial score (nSPS) is 14.4. The second-order valence-electron chi connectivity index (χ2n) is 8.17. The molecule has 11 N–H and O–H groups in total. The topological polar surface area (TPSA) is 235 Å². The van der Waals surface area contributed by atoms with Crippen LogP contribution in [0, 0.1) is 5.92 Å². The predicted molar refractivity (Wildman–Crippen MR) is 131 cm³/mol. The molecule has 0 saturated carbocycles. The molecular weight excluding hydrogens is 466 g/mol. The molecule has 0 fully saturated rings. The van der Waals surface area contributed by atoms with Crippen molar-refractivity contribution in [2.45, 2.75) is 63.7 Å². The molecular formula is C20H39N7O6S. The Kier molecular flexibility index (Phi) is 15.7. The van der Waals surface area contributed by atoms with E-state index in [-0.39, 0.29) is 31.3 Å². The van der Waals surface area contributed by atoms with E-state index in [2.05, 4.69) is 20.9 Å². The third-order valence-corrected chi connectivity index (χ3v) is 5.33. The molecule has 0 aromatic rings. The van der Waals surface area contributed by atoms with Gasteiger partial charge < -0.3 is 43.4 Å². The van der Waals surface area contributed by atoms with E-state index in [1.165, 1.54) is 11.8 Å². The molecule has 0 heterocycles. The van der Waals surface area contributed by atoms with E-state index in [1.54, 1.807) is 6.26 Å². The summed E-state index contributed by atoms with van der Waals surface area (Å²) >= 11 is 1.42. The molecule has 0 radical (unpaired) electrons. The molecule has 0 aromatic carbocycles. The summed E-state index contributed by atoms with van der Waals surface area (Å²) in [5.74, 6) is -2.82. The van der Waals surface area contributed by atoms with Crippen LogP contribution in [0.1, 0.15) is 39.5 Å². The molecule has 34 heavy (non-hydrogen) atoms. The van der Waals surface area contributed by atoms with Crippen LogP contribution in [0.3, 0.4) is 0 Å². The largest absolute Gasteiger partial charge is 0.480 e. The van der Waals surface area contributed by atoms with Gasteiger partial charge in [-0.1, -0.05) is 13.8 Å². The summed E-state index contributed by atoms with van der Waals surface area (Å²) in [4.78, 5) is 53.0. The molecule has 0 saturated heterocycles. The van der Waals surface area contributed by atoms with Gasteiger partial charge in [0, 0.05) is 6.54 Å². The molecule has 0 aliphatic carbocycles. The first kappa shape index (κ1) is 31.4. The number of nitrogens with two attached hydrogens (primary N) is 3. The zero-order chi connectivity index (χ0) is 26.3. The predicted octanol–water partition coefficient (Wildman–Crippen LogP) is -2.30. The van der Waals surface area contributed by atoms with Gasteiger partial charge in [-0.3, -0.25) is 19.4 Å². The first-order valence-electron chi connectivity index (χ1n) is 11.0. The number of aliphatic imine (C=N–C) groups is 1. The number of carbonyl (C=O) groups is 4. The highest BCUT2D eigenvalue weighted by atomic mass is 32.2. The number of nitrogens with one attached hydrogen (secondary N) is 3. The van der Waals surface area contributed by atoms with E-state index in [1.807, 2.05) is 13.8 Å². The lowest BCUT2D eigenvalue weighted by Gasteiger charge is -2.24. The molecule has 0 bridgehead atoms. The highest BCUT2D eigenvalue weighted by molar-refractivity contribution is 7.98. The minimum absolute atomic E-state index is 0.115. The highest BCUT2D eigenvalue weighted by Gasteiger charge is 2.29. The standard InChI is InChI=1S/C20H39N7O6S/c1-11(2)9-12(21)16(29)25-13(5-4-7-24-20(22)23)17(30)27-15(10-28)18(31)26-14(19(32)33)6-8-34-3/h11-15,28H,4-10,21H2,1-3H3,(H,25,29)(H,26,31)(H,27,30)(H,32,33)(H4,22,23,24). The van der Waals surface area contributed by atoms with Crippen LogP contribution < -0.4 is 33.2 Å². The van der Waals surface area contributed by atoms with Crippen molar-refractivity contribution in [3.63, 3.8) is 0 Å². The lowest BCUT2D eigenvalue weighted by atomic mass is 10.0. The van der Waals surface area contributed by atoms with Crippen LogP contribution in [0.25, 0.3) is 0 Å². The van der Waals surface area contributed by atoms with Crippen LogP contribution in [0.2, 0.25) is 0 Å². The Morgan fingerprint density at radius 3 is 2.00 bits per heavy atom. The molecule has 0 aliphatic rings. The van der Waals surface area contributed by atoms with Crippen molar-refractivity contribution in [3.8, 4) is 0 Å². The maximum atomic E-state index is 12.9. The molecule has 0 spiro atoms. The fraction of sp³-hybridized carbons (Fsp3) is 0.750.